The number of nitrogens with zero attached hydrogens (tertiary/aromatic N) is 4. The summed E-state index contributed by atoms with van der Waals surface area (Å²) in [5.41, 5.74) is 4.70. The van der Waals surface area contributed by atoms with E-state index in [2.05, 4.69) is 25.3 Å². The van der Waals surface area contributed by atoms with Gasteiger partial charge in [0.1, 0.15) is 0 Å². The molecule has 5 heterocycles. The SMILES string of the molecule is CCS(=O)(=O)c1ccc([C@H](CO)NC(=O)c2cnc3c(c2)CN(CC(F)(F)F)[C@H]3Cc2cccc(CCS(=O)(=O)c3ccc([C@H](CO)NC(=O)c4cnc5c(c4)CN(P[C@H]4CC[C@@H](C(F)(F)F)CO4)[C@H]5C(C)C)cc3)c2)cc1. The first-order valence-electron chi connectivity index (χ1n) is 25.4. The number of carbonyl (C=O) groups excluding carboxylic acids is 2. The van der Waals surface area contributed by atoms with Crippen molar-refractivity contribution in [1.29, 1.82) is 0 Å². The summed E-state index contributed by atoms with van der Waals surface area (Å²) in [4.78, 5) is 37.4. The van der Waals surface area contributed by atoms with Gasteiger partial charge < -0.3 is 25.6 Å². The van der Waals surface area contributed by atoms with Gasteiger partial charge in [0, 0.05) is 25.5 Å². The molecule has 0 bridgehead atoms. The molecule has 420 valence electrons. The van der Waals surface area contributed by atoms with Gasteiger partial charge in [-0.05, 0) is 110 Å². The summed E-state index contributed by atoms with van der Waals surface area (Å²) in [5, 5.41) is 25.9. The summed E-state index contributed by atoms with van der Waals surface area (Å²) in [6.07, 6.45) is -5.74. The fraction of sp³-hybridized carbons (Fsp3) is 0.444. The van der Waals surface area contributed by atoms with Crippen LogP contribution in [0.25, 0.3) is 0 Å². The minimum Gasteiger partial charge on any atom is -0.394 e. The van der Waals surface area contributed by atoms with E-state index in [0.29, 0.717) is 40.1 Å². The van der Waals surface area contributed by atoms with Crippen LogP contribution in [0.15, 0.2) is 107 Å². The van der Waals surface area contributed by atoms with Crippen LogP contribution in [0.4, 0.5) is 26.3 Å². The Balaban J connectivity index is 0.878. The van der Waals surface area contributed by atoms with Crippen molar-refractivity contribution in [2.45, 2.75) is 112 Å². The zero-order chi connectivity index (χ0) is 56.3. The lowest BCUT2D eigenvalue weighted by molar-refractivity contribution is -0.202. The van der Waals surface area contributed by atoms with Crippen molar-refractivity contribution in [1.82, 2.24) is 30.2 Å². The molecule has 24 heteroatoms. The van der Waals surface area contributed by atoms with Crippen LogP contribution >= 0.6 is 8.73 Å². The van der Waals surface area contributed by atoms with E-state index in [4.69, 9.17) is 4.74 Å². The molecular formula is C54H61F6N6O9PS2. The minimum atomic E-state index is -4.57. The highest BCUT2D eigenvalue weighted by molar-refractivity contribution is 7.91. The molecule has 1 fully saturated rings. The first-order chi connectivity index (χ1) is 36.9. The third-order valence-electron chi connectivity index (χ3n) is 14.4. The van der Waals surface area contributed by atoms with Crippen molar-refractivity contribution in [3.05, 3.63) is 153 Å². The van der Waals surface area contributed by atoms with Crippen LogP contribution in [-0.4, -0.2) is 114 Å². The fourth-order valence-corrected chi connectivity index (χ4v) is 14.1. The van der Waals surface area contributed by atoms with E-state index in [1.807, 2.05) is 13.8 Å². The number of aliphatic hydroxyl groups is 2. The number of benzene rings is 3. The zero-order valence-corrected chi connectivity index (χ0v) is 45.5. The summed E-state index contributed by atoms with van der Waals surface area (Å²) in [5.74, 6) is -3.32. The lowest BCUT2D eigenvalue weighted by Gasteiger charge is -2.35. The van der Waals surface area contributed by atoms with Gasteiger partial charge in [-0.25, -0.2) is 16.8 Å². The van der Waals surface area contributed by atoms with Crippen LogP contribution in [0.3, 0.4) is 0 Å². The van der Waals surface area contributed by atoms with Gasteiger partial charge in [0.2, 0.25) is 0 Å². The van der Waals surface area contributed by atoms with Gasteiger partial charge in [-0.1, -0.05) is 69.3 Å². The molecule has 1 unspecified atom stereocenters. The Hall–Kier alpha value is -5.39. The van der Waals surface area contributed by atoms with Crippen molar-refractivity contribution >= 4 is 40.2 Å². The molecule has 2 aromatic heterocycles. The average molecular weight is 1150 g/mol. The van der Waals surface area contributed by atoms with Gasteiger partial charge >= 0.3 is 12.4 Å². The highest BCUT2D eigenvalue weighted by Crippen LogP contribution is 2.49. The molecule has 0 spiro atoms. The van der Waals surface area contributed by atoms with E-state index in [0.717, 1.165) is 11.3 Å². The van der Waals surface area contributed by atoms with Gasteiger partial charge in [-0.2, -0.15) is 26.3 Å². The Morgan fingerprint density at radius 1 is 0.756 bits per heavy atom. The van der Waals surface area contributed by atoms with Gasteiger partial charge in [0.05, 0.1) is 106 Å². The minimum absolute atomic E-state index is 0.00122. The molecule has 0 radical (unpaired) electrons. The van der Waals surface area contributed by atoms with Gasteiger partial charge in [0.25, 0.3) is 11.8 Å². The second-order valence-electron chi connectivity index (χ2n) is 20.2. The number of pyridine rings is 2. The fourth-order valence-electron chi connectivity index (χ4n) is 10.2. The molecule has 3 aromatic carbocycles. The number of aliphatic hydroxyl groups excluding tert-OH is 2. The van der Waals surface area contributed by atoms with Crippen molar-refractivity contribution in [3.8, 4) is 0 Å². The molecule has 2 amide bonds. The number of rotatable bonds is 20. The van der Waals surface area contributed by atoms with Gasteiger partial charge in [0.15, 0.2) is 19.7 Å². The number of fused-ring (bicyclic) bond motifs is 2. The summed E-state index contributed by atoms with van der Waals surface area (Å²) in [6.45, 7) is 3.15. The Kier molecular flexibility index (Phi) is 18.2. The van der Waals surface area contributed by atoms with E-state index in [9.17, 15) is 63.0 Å². The molecule has 3 aliphatic heterocycles. The predicted molar refractivity (Wildman–Crippen MR) is 279 cm³/mol. The molecular weight excluding hydrogens is 1090 g/mol. The third-order valence-corrected chi connectivity index (χ3v) is 19.4. The molecule has 15 nitrogen and oxygen atoms in total. The van der Waals surface area contributed by atoms with Gasteiger partial charge in [-0.15, -0.1) is 0 Å². The maximum Gasteiger partial charge on any atom is 0.401 e. The Morgan fingerprint density at radius 2 is 1.31 bits per heavy atom. The standard InChI is InChI=1S/C54H61F6N6O9PS2/c1-4-77(71,72)42-13-8-35(9-14-42)44(28-67)63-51(69)37-22-39-26-65(31-53(55,56)57)46(48(39)61-24-37)21-34-7-5-6-33(20-34)18-19-78(73,74)43-15-10-36(11-16-43)45(29-68)64-52(70)38-23-40-27-66(50(32(2)3)49(40)62-25-38)76-47-17-12-41(30-75-47)54(58,59)60/h5-11,13-16,20,22-25,32,41,44-47,50,67-68,76H,4,12,17-19,21,26-31H2,1-3H3,(H,63,69)(H,64,70)/t41-,44+,45+,46+,47+,50+/m1/s1. The van der Waals surface area contributed by atoms with Crippen LogP contribution < -0.4 is 10.6 Å². The Morgan fingerprint density at radius 3 is 1.82 bits per heavy atom. The summed E-state index contributed by atoms with van der Waals surface area (Å²) < 4.78 is 141. The summed E-state index contributed by atoms with van der Waals surface area (Å²) in [6, 6.07) is 18.7. The van der Waals surface area contributed by atoms with Crippen LogP contribution in [-0.2, 0) is 50.3 Å². The van der Waals surface area contributed by atoms with Crippen molar-refractivity contribution in [2.75, 3.05) is 37.9 Å². The van der Waals surface area contributed by atoms with Gasteiger partial charge in [-0.3, -0.25) is 29.1 Å². The smallest absolute Gasteiger partial charge is 0.394 e. The highest BCUT2D eigenvalue weighted by Gasteiger charge is 2.44. The third kappa shape index (κ3) is 13.9. The molecule has 8 rings (SSSR count). The Bertz CT molecular complexity index is 3180. The Labute approximate surface area is 450 Å². The second kappa shape index (κ2) is 24.1. The van der Waals surface area contributed by atoms with Crippen molar-refractivity contribution < 1.29 is 67.7 Å². The molecule has 3 aliphatic rings. The number of alkyl halides is 6. The van der Waals surface area contributed by atoms with E-state index >= 15 is 0 Å². The number of aromatic nitrogens is 2. The molecule has 7 atom stereocenters. The van der Waals surface area contributed by atoms with Crippen LogP contribution in [0.2, 0.25) is 0 Å². The lowest BCUT2D eigenvalue weighted by atomic mass is 9.99. The monoisotopic (exact) mass is 1150 g/mol. The topological polar surface area (TPSA) is 208 Å². The highest BCUT2D eigenvalue weighted by atomic mass is 32.2. The van der Waals surface area contributed by atoms with E-state index in [1.54, 1.807) is 30.3 Å². The number of carbonyl (C=O) groups is 2. The number of sulfone groups is 2. The average Bonchev–Trinajstić information content (AvgIpc) is 4.03. The zero-order valence-electron chi connectivity index (χ0n) is 42.9. The number of ether oxygens (including phenoxy) is 1. The quantitative estimate of drug-likeness (QED) is 0.0428. The summed E-state index contributed by atoms with van der Waals surface area (Å²) >= 11 is 0. The first kappa shape index (κ1) is 58.8. The molecule has 5 aromatic rings. The second-order valence-corrected chi connectivity index (χ2v) is 26.1. The molecule has 0 saturated carbocycles. The maximum atomic E-state index is 14.0. The molecule has 78 heavy (non-hydrogen) atoms. The molecule has 0 aliphatic carbocycles. The van der Waals surface area contributed by atoms with E-state index in [-0.39, 0.29) is 97.8 Å². The van der Waals surface area contributed by atoms with E-state index < -0.39 is 87.6 Å². The van der Waals surface area contributed by atoms with Crippen molar-refractivity contribution in [2.24, 2.45) is 11.8 Å². The molecule has 1 saturated heterocycles. The molecule has 4 N–H and O–H groups in total. The van der Waals surface area contributed by atoms with Crippen LogP contribution in [0, 0.1) is 11.8 Å². The van der Waals surface area contributed by atoms with Crippen LogP contribution in [0.1, 0.15) is 123 Å². The number of halogens is 6. The largest absolute Gasteiger partial charge is 0.401 e. The summed E-state index contributed by atoms with van der Waals surface area (Å²) in [7, 11) is -7.28. The lowest BCUT2D eigenvalue weighted by Crippen LogP contribution is -2.34. The number of amides is 2. The number of hydrogen-bond acceptors (Lipinski definition) is 13. The predicted octanol–water partition coefficient (Wildman–Crippen LogP) is 8.30. The van der Waals surface area contributed by atoms with Crippen molar-refractivity contribution in [3.63, 3.8) is 0 Å². The number of hydrogen-bond donors (Lipinski definition) is 4. The number of aryl methyl sites for hydroxylation is 1. The van der Waals surface area contributed by atoms with Crippen LogP contribution in [0.5, 0.6) is 0 Å². The van der Waals surface area contributed by atoms with E-state index in [1.165, 1.54) is 78.8 Å². The number of nitrogens with one attached hydrogen (secondary N) is 2. The maximum absolute atomic E-state index is 14.0. The first-order valence-corrected chi connectivity index (χ1v) is 29.8. The normalized spacial score (nSPS) is 20.2.